The van der Waals surface area contributed by atoms with E-state index in [0.717, 1.165) is 24.4 Å². The summed E-state index contributed by atoms with van der Waals surface area (Å²) in [6.45, 7) is 6.71. The first-order chi connectivity index (χ1) is 10.1. The molecule has 0 radical (unpaired) electrons. The third-order valence-corrected chi connectivity index (χ3v) is 3.08. The number of carbonyl (C=O) groups excluding carboxylic acids is 1. The molecule has 0 fully saturated rings. The lowest BCUT2D eigenvalue weighted by atomic mass is 10.2. The van der Waals surface area contributed by atoms with Crippen LogP contribution in [0.5, 0.6) is 0 Å². The van der Waals surface area contributed by atoms with Gasteiger partial charge in [-0.3, -0.25) is 4.79 Å². The highest BCUT2D eigenvalue weighted by molar-refractivity contribution is 5.94. The van der Waals surface area contributed by atoms with Crippen LogP contribution in [0.2, 0.25) is 0 Å². The predicted molar refractivity (Wildman–Crippen MR) is 82.3 cm³/mol. The summed E-state index contributed by atoms with van der Waals surface area (Å²) < 4.78 is 5.41. The number of rotatable bonds is 6. The van der Waals surface area contributed by atoms with E-state index in [1.54, 1.807) is 18.3 Å². The number of carbonyl (C=O) groups is 1. The number of nitrogens with zero attached hydrogens (tertiary/aromatic N) is 1. The van der Waals surface area contributed by atoms with Crippen molar-refractivity contribution >= 4 is 11.6 Å². The monoisotopic (exact) mass is 287 g/mol. The maximum absolute atomic E-state index is 12.2. The Labute approximate surface area is 124 Å². The zero-order chi connectivity index (χ0) is 15.2. The Morgan fingerprint density at radius 3 is 2.62 bits per heavy atom. The molecule has 1 unspecified atom stereocenters. The van der Waals surface area contributed by atoms with E-state index in [-0.39, 0.29) is 11.9 Å². The summed E-state index contributed by atoms with van der Waals surface area (Å²) in [6.07, 6.45) is 2.71. The van der Waals surface area contributed by atoms with Crippen LogP contribution in [0, 0.1) is 6.92 Å². The highest BCUT2D eigenvalue weighted by atomic mass is 16.4. The Morgan fingerprint density at radius 2 is 2.05 bits per heavy atom. The molecule has 1 aromatic heterocycles. The Balaban J connectivity index is 1.96. The molecule has 1 amide bonds. The molecule has 0 saturated heterocycles. The average molecular weight is 287 g/mol. The van der Waals surface area contributed by atoms with Gasteiger partial charge in [-0.2, -0.15) is 0 Å². The highest BCUT2D eigenvalue weighted by Gasteiger charge is 2.15. The standard InChI is InChI=1S/C16H21N3O2/c1-4-9-17-14-7-5-13(6-8-14)15(20)19-12(3)16-18-10-11(2)21-16/h5-8,10,12,17H,4,9H2,1-3H3,(H,19,20). The van der Waals surface area contributed by atoms with Gasteiger partial charge in [-0.05, 0) is 44.5 Å². The van der Waals surface area contributed by atoms with E-state index < -0.39 is 0 Å². The van der Waals surface area contributed by atoms with E-state index in [9.17, 15) is 4.79 Å². The molecule has 0 aliphatic heterocycles. The minimum absolute atomic E-state index is 0.139. The van der Waals surface area contributed by atoms with Gasteiger partial charge in [0.25, 0.3) is 5.91 Å². The number of anilines is 1. The lowest BCUT2D eigenvalue weighted by Crippen LogP contribution is -2.26. The minimum atomic E-state index is -0.260. The molecule has 0 aliphatic rings. The molecule has 5 heteroatoms. The first kappa shape index (κ1) is 15.1. The van der Waals surface area contributed by atoms with Crippen LogP contribution in [0.4, 0.5) is 5.69 Å². The summed E-state index contributed by atoms with van der Waals surface area (Å²) in [5.74, 6) is 1.11. The number of aromatic nitrogens is 1. The fourth-order valence-corrected chi connectivity index (χ4v) is 1.92. The largest absolute Gasteiger partial charge is 0.444 e. The number of amides is 1. The fourth-order valence-electron chi connectivity index (χ4n) is 1.92. The molecule has 112 valence electrons. The maximum atomic E-state index is 12.2. The maximum Gasteiger partial charge on any atom is 0.251 e. The van der Waals surface area contributed by atoms with E-state index in [4.69, 9.17) is 4.42 Å². The number of oxazole rings is 1. The van der Waals surface area contributed by atoms with Gasteiger partial charge in [-0.15, -0.1) is 0 Å². The van der Waals surface area contributed by atoms with Crippen LogP contribution in [0.3, 0.4) is 0 Å². The van der Waals surface area contributed by atoms with E-state index in [1.807, 2.05) is 26.0 Å². The number of aryl methyl sites for hydroxylation is 1. The van der Waals surface area contributed by atoms with Crippen molar-refractivity contribution < 1.29 is 9.21 Å². The number of benzene rings is 1. The second kappa shape index (κ2) is 6.92. The zero-order valence-corrected chi connectivity index (χ0v) is 12.6. The van der Waals surface area contributed by atoms with Gasteiger partial charge in [0, 0.05) is 17.8 Å². The summed E-state index contributed by atoms with van der Waals surface area (Å²) in [6, 6.07) is 7.17. The fraction of sp³-hybridized carbons (Fsp3) is 0.375. The Kier molecular flexibility index (Phi) is 4.98. The van der Waals surface area contributed by atoms with Gasteiger partial charge in [0.05, 0.1) is 6.20 Å². The van der Waals surface area contributed by atoms with E-state index in [0.29, 0.717) is 11.5 Å². The summed E-state index contributed by atoms with van der Waals surface area (Å²) in [4.78, 5) is 16.3. The van der Waals surface area contributed by atoms with Crippen LogP contribution in [0.25, 0.3) is 0 Å². The lowest BCUT2D eigenvalue weighted by molar-refractivity contribution is 0.0934. The first-order valence-corrected chi connectivity index (χ1v) is 7.17. The molecular formula is C16H21N3O2. The van der Waals surface area contributed by atoms with Crippen LogP contribution < -0.4 is 10.6 Å². The van der Waals surface area contributed by atoms with Crippen LogP contribution in [0.1, 0.15) is 48.3 Å². The van der Waals surface area contributed by atoms with Crippen LogP contribution in [-0.4, -0.2) is 17.4 Å². The van der Waals surface area contributed by atoms with Crippen molar-refractivity contribution in [2.75, 3.05) is 11.9 Å². The van der Waals surface area contributed by atoms with Crippen molar-refractivity contribution in [1.82, 2.24) is 10.3 Å². The van der Waals surface area contributed by atoms with Gasteiger partial charge in [0.1, 0.15) is 11.8 Å². The van der Waals surface area contributed by atoms with E-state index in [2.05, 4.69) is 22.5 Å². The van der Waals surface area contributed by atoms with Crippen LogP contribution in [-0.2, 0) is 0 Å². The van der Waals surface area contributed by atoms with E-state index >= 15 is 0 Å². The third-order valence-electron chi connectivity index (χ3n) is 3.08. The van der Waals surface area contributed by atoms with Crippen molar-refractivity contribution in [2.24, 2.45) is 0 Å². The van der Waals surface area contributed by atoms with Crippen molar-refractivity contribution in [3.63, 3.8) is 0 Å². The second-order valence-electron chi connectivity index (χ2n) is 5.01. The number of nitrogens with one attached hydrogen (secondary N) is 2. The SMILES string of the molecule is CCCNc1ccc(C(=O)NC(C)c2ncc(C)o2)cc1. The molecule has 2 rings (SSSR count). The second-order valence-corrected chi connectivity index (χ2v) is 5.01. The highest BCUT2D eigenvalue weighted by Crippen LogP contribution is 2.14. The van der Waals surface area contributed by atoms with Gasteiger partial charge in [0.15, 0.2) is 0 Å². The zero-order valence-electron chi connectivity index (χ0n) is 12.6. The molecule has 1 heterocycles. The topological polar surface area (TPSA) is 67.2 Å². The molecule has 0 saturated carbocycles. The Bertz CT molecular complexity index is 590. The van der Waals surface area contributed by atoms with Gasteiger partial charge in [-0.1, -0.05) is 6.92 Å². The van der Waals surface area contributed by atoms with Crippen LogP contribution >= 0.6 is 0 Å². The van der Waals surface area contributed by atoms with Crippen molar-refractivity contribution in [2.45, 2.75) is 33.2 Å². The van der Waals surface area contributed by atoms with Gasteiger partial charge < -0.3 is 15.1 Å². The molecule has 0 spiro atoms. The summed E-state index contributed by atoms with van der Waals surface area (Å²) in [5.41, 5.74) is 1.64. The molecule has 2 N–H and O–H groups in total. The average Bonchev–Trinajstić information content (AvgIpc) is 2.92. The Hall–Kier alpha value is -2.30. The summed E-state index contributed by atoms with van der Waals surface area (Å²) in [7, 11) is 0. The lowest BCUT2D eigenvalue weighted by Gasteiger charge is -2.11. The predicted octanol–water partition coefficient (Wildman–Crippen LogP) is 3.30. The van der Waals surface area contributed by atoms with Gasteiger partial charge in [-0.25, -0.2) is 4.98 Å². The molecule has 1 aromatic carbocycles. The molecule has 21 heavy (non-hydrogen) atoms. The third kappa shape index (κ3) is 4.08. The Morgan fingerprint density at radius 1 is 1.33 bits per heavy atom. The molecule has 0 aliphatic carbocycles. The summed E-state index contributed by atoms with van der Waals surface area (Å²) >= 11 is 0. The van der Waals surface area contributed by atoms with Crippen LogP contribution in [0.15, 0.2) is 34.9 Å². The number of hydrogen-bond donors (Lipinski definition) is 2. The van der Waals surface area contributed by atoms with Gasteiger partial charge >= 0.3 is 0 Å². The van der Waals surface area contributed by atoms with Gasteiger partial charge in [0.2, 0.25) is 5.89 Å². The van der Waals surface area contributed by atoms with Crippen molar-refractivity contribution in [1.29, 1.82) is 0 Å². The molecule has 0 bridgehead atoms. The van der Waals surface area contributed by atoms with Crippen molar-refractivity contribution in [3.8, 4) is 0 Å². The molecule has 1 atom stereocenters. The normalized spacial score (nSPS) is 12.0. The van der Waals surface area contributed by atoms with Crippen molar-refractivity contribution in [3.05, 3.63) is 47.7 Å². The summed E-state index contributed by atoms with van der Waals surface area (Å²) in [5, 5.41) is 6.15. The first-order valence-electron chi connectivity index (χ1n) is 7.17. The minimum Gasteiger partial charge on any atom is -0.444 e. The van der Waals surface area contributed by atoms with E-state index in [1.165, 1.54) is 0 Å². The molecular weight excluding hydrogens is 266 g/mol. The number of hydrogen-bond acceptors (Lipinski definition) is 4. The quantitative estimate of drug-likeness (QED) is 0.855. The molecule has 2 aromatic rings. The smallest absolute Gasteiger partial charge is 0.251 e. The molecule has 5 nitrogen and oxygen atoms in total.